The highest BCUT2D eigenvalue weighted by molar-refractivity contribution is 7.89. The van der Waals surface area contributed by atoms with Crippen molar-refractivity contribution in [2.24, 2.45) is 5.92 Å². The van der Waals surface area contributed by atoms with Gasteiger partial charge in [-0.15, -0.1) is 0 Å². The molecule has 1 N–H and O–H groups in total. The number of benzene rings is 1. The molecule has 3 rings (SSSR count). The number of carbonyl (C=O) groups is 1. The minimum Gasteiger partial charge on any atom is -0.494 e. The lowest BCUT2D eigenvalue weighted by Gasteiger charge is -2.35. The van der Waals surface area contributed by atoms with Gasteiger partial charge in [0.15, 0.2) is 0 Å². The molecule has 1 amide bonds. The number of hydrogen-bond acceptors (Lipinski definition) is 4. The van der Waals surface area contributed by atoms with Gasteiger partial charge in [-0.1, -0.05) is 0 Å². The molecular weight excluding hydrogens is 316 g/mol. The monoisotopic (exact) mass is 338 g/mol. The van der Waals surface area contributed by atoms with Crippen molar-refractivity contribution in [2.45, 2.75) is 37.6 Å². The van der Waals surface area contributed by atoms with Crippen LogP contribution in [0.2, 0.25) is 0 Å². The molecule has 1 aromatic rings. The summed E-state index contributed by atoms with van der Waals surface area (Å²) in [6.07, 6.45) is 1.47. The van der Waals surface area contributed by atoms with Crippen LogP contribution in [0.4, 0.5) is 0 Å². The fourth-order valence-electron chi connectivity index (χ4n) is 3.50. The predicted molar refractivity (Wildman–Crippen MR) is 85.8 cm³/mol. The van der Waals surface area contributed by atoms with E-state index in [-0.39, 0.29) is 17.9 Å². The molecule has 2 atom stereocenters. The number of carbonyl (C=O) groups excluding carboxylic acids is 1. The van der Waals surface area contributed by atoms with E-state index < -0.39 is 10.0 Å². The van der Waals surface area contributed by atoms with Gasteiger partial charge in [0, 0.05) is 13.1 Å². The topological polar surface area (TPSA) is 75.7 Å². The van der Waals surface area contributed by atoms with Gasteiger partial charge in [0.1, 0.15) is 5.75 Å². The molecule has 2 aliphatic rings. The zero-order valence-electron chi connectivity index (χ0n) is 13.4. The summed E-state index contributed by atoms with van der Waals surface area (Å²) in [6, 6.07) is 4.76. The molecule has 2 saturated heterocycles. The number of piperidine rings is 1. The maximum Gasteiger partial charge on any atom is 0.243 e. The number of aryl methyl sites for hydroxylation is 1. The average Bonchev–Trinajstić information content (AvgIpc) is 2.89. The number of fused-ring (bicyclic) bond motifs is 1. The Morgan fingerprint density at radius 3 is 2.87 bits per heavy atom. The van der Waals surface area contributed by atoms with Gasteiger partial charge in [0.05, 0.1) is 23.5 Å². The van der Waals surface area contributed by atoms with E-state index in [2.05, 4.69) is 5.32 Å². The molecular formula is C16H22N2O4S. The summed E-state index contributed by atoms with van der Waals surface area (Å²) in [5, 5.41) is 2.79. The van der Waals surface area contributed by atoms with Crippen molar-refractivity contribution in [3.8, 4) is 5.75 Å². The highest BCUT2D eigenvalue weighted by Gasteiger charge is 2.45. The molecule has 0 unspecified atom stereocenters. The van der Waals surface area contributed by atoms with E-state index in [0.29, 0.717) is 42.3 Å². The molecule has 0 bridgehead atoms. The third kappa shape index (κ3) is 2.83. The zero-order chi connectivity index (χ0) is 16.6. The number of amides is 1. The first-order valence-corrected chi connectivity index (χ1v) is 9.42. The van der Waals surface area contributed by atoms with E-state index in [0.717, 1.165) is 6.42 Å². The van der Waals surface area contributed by atoms with E-state index in [1.807, 2.05) is 6.92 Å². The minimum atomic E-state index is -3.62. The van der Waals surface area contributed by atoms with Gasteiger partial charge in [-0.25, -0.2) is 8.42 Å². The van der Waals surface area contributed by atoms with Crippen LogP contribution in [0.1, 0.15) is 25.3 Å². The highest BCUT2D eigenvalue weighted by Crippen LogP contribution is 2.33. The Morgan fingerprint density at radius 2 is 2.17 bits per heavy atom. The van der Waals surface area contributed by atoms with Crippen LogP contribution in [0.3, 0.4) is 0 Å². The second kappa shape index (κ2) is 6.13. The first-order valence-electron chi connectivity index (χ1n) is 7.98. The fraction of sp³-hybridized carbons (Fsp3) is 0.562. The lowest BCUT2D eigenvalue weighted by Crippen LogP contribution is -2.48. The molecule has 7 heteroatoms. The van der Waals surface area contributed by atoms with Crippen molar-refractivity contribution in [2.75, 3.05) is 19.7 Å². The molecule has 2 fully saturated rings. The largest absolute Gasteiger partial charge is 0.494 e. The zero-order valence-corrected chi connectivity index (χ0v) is 14.2. The van der Waals surface area contributed by atoms with E-state index in [1.54, 1.807) is 25.1 Å². The smallest absolute Gasteiger partial charge is 0.243 e. The molecule has 0 saturated carbocycles. The first-order chi connectivity index (χ1) is 10.9. The van der Waals surface area contributed by atoms with E-state index in [4.69, 9.17) is 4.74 Å². The van der Waals surface area contributed by atoms with Crippen molar-refractivity contribution in [3.63, 3.8) is 0 Å². The summed E-state index contributed by atoms with van der Waals surface area (Å²) in [5.74, 6) is 0.415. The Morgan fingerprint density at radius 1 is 1.39 bits per heavy atom. The maximum atomic E-state index is 13.1. The van der Waals surface area contributed by atoms with Crippen LogP contribution < -0.4 is 10.1 Å². The predicted octanol–water partition coefficient (Wildman–Crippen LogP) is 1.29. The summed E-state index contributed by atoms with van der Waals surface area (Å²) < 4.78 is 33.1. The highest BCUT2D eigenvalue weighted by atomic mass is 32.2. The standard InChI is InChI=1S/C16H22N2O4S/c1-3-22-12-6-7-15(11(2)9-12)23(20,21)18-8-4-5-13-14(18)10-17-16(13)19/h6-7,9,13-14H,3-5,8,10H2,1-2H3,(H,17,19)/t13-,14-/m1/s1. The van der Waals surface area contributed by atoms with Crippen molar-refractivity contribution >= 4 is 15.9 Å². The summed E-state index contributed by atoms with van der Waals surface area (Å²) in [4.78, 5) is 12.1. The quantitative estimate of drug-likeness (QED) is 0.898. The molecule has 0 spiro atoms. The Kier molecular flexibility index (Phi) is 4.33. The van der Waals surface area contributed by atoms with Crippen LogP contribution in [0, 0.1) is 12.8 Å². The lowest BCUT2D eigenvalue weighted by atomic mass is 9.93. The number of nitrogens with one attached hydrogen (secondary N) is 1. The molecule has 2 aliphatic heterocycles. The van der Waals surface area contributed by atoms with Crippen LogP contribution >= 0.6 is 0 Å². The normalized spacial score (nSPS) is 25.0. The van der Waals surface area contributed by atoms with Crippen LogP contribution in [-0.4, -0.2) is 44.4 Å². The van der Waals surface area contributed by atoms with Crippen LogP contribution in [0.25, 0.3) is 0 Å². The Hall–Kier alpha value is -1.60. The third-order valence-electron chi connectivity index (χ3n) is 4.59. The van der Waals surface area contributed by atoms with Crippen molar-refractivity contribution in [1.82, 2.24) is 9.62 Å². The van der Waals surface area contributed by atoms with Gasteiger partial charge in [-0.3, -0.25) is 4.79 Å². The second-order valence-corrected chi connectivity index (χ2v) is 7.90. The summed E-state index contributed by atoms with van der Waals surface area (Å²) in [7, 11) is -3.62. The SMILES string of the molecule is CCOc1ccc(S(=O)(=O)N2CCC[C@H]3C(=O)NC[C@H]32)c(C)c1. The van der Waals surface area contributed by atoms with Gasteiger partial charge >= 0.3 is 0 Å². The number of hydrogen-bond donors (Lipinski definition) is 1. The lowest BCUT2D eigenvalue weighted by molar-refractivity contribution is -0.123. The number of ether oxygens (including phenoxy) is 1. The van der Waals surface area contributed by atoms with Gasteiger partial charge in [-0.05, 0) is 50.5 Å². The van der Waals surface area contributed by atoms with E-state index >= 15 is 0 Å². The summed E-state index contributed by atoms with van der Waals surface area (Å²) in [6.45, 7) is 5.06. The van der Waals surface area contributed by atoms with Gasteiger partial charge < -0.3 is 10.1 Å². The van der Waals surface area contributed by atoms with Crippen molar-refractivity contribution < 1.29 is 17.9 Å². The number of nitrogens with zero attached hydrogens (tertiary/aromatic N) is 1. The number of sulfonamides is 1. The molecule has 1 aromatic carbocycles. The molecule has 6 nitrogen and oxygen atoms in total. The van der Waals surface area contributed by atoms with Crippen molar-refractivity contribution in [1.29, 1.82) is 0 Å². The fourth-order valence-corrected chi connectivity index (χ4v) is 5.41. The molecule has 0 aromatic heterocycles. The third-order valence-corrected chi connectivity index (χ3v) is 6.68. The summed E-state index contributed by atoms with van der Waals surface area (Å²) in [5.41, 5.74) is 0.662. The average molecular weight is 338 g/mol. The van der Waals surface area contributed by atoms with E-state index in [1.165, 1.54) is 4.31 Å². The van der Waals surface area contributed by atoms with Crippen molar-refractivity contribution in [3.05, 3.63) is 23.8 Å². The minimum absolute atomic E-state index is 0.0293. The molecule has 23 heavy (non-hydrogen) atoms. The first kappa shape index (κ1) is 16.3. The maximum absolute atomic E-state index is 13.1. The second-order valence-electron chi connectivity index (χ2n) is 6.04. The molecule has 126 valence electrons. The Bertz CT molecular complexity index is 717. The Balaban J connectivity index is 1.93. The van der Waals surface area contributed by atoms with Crippen LogP contribution in [0.15, 0.2) is 23.1 Å². The van der Waals surface area contributed by atoms with Gasteiger partial charge in [0.25, 0.3) is 0 Å². The molecule has 2 heterocycles. The van der Waals surface area contributed by atoms with E-state index in [9.17, 15) is 13.2 Å². The van der Waals surface area contributed by atoms with Gasteiger partial charge in [0.2, 0.25) is 15.9 Å². The number of rotatable bonds is 4. The summed E-state index contributed by atoms with van der Waals surface area (Å²) >= 11 is 0. The Labute approximate surface area is 136 Å². The van der Waals surface area contributed by atoms with Gasteiger partial charge in [-0.2, -0.15) is 4.31 Å². The molecule has 0 radical (unpaired) electrons. The van der Waals surface area contributed by atoms with Crippen LogP contribution in [0.5, 0.6) is 5.75 Å². The molecule has 0 aliphatic carbocycles. The van der Waals surface area contributed by atoms with Crippen LogP contribution in [-0.2, 0) is 14.8 Å².